The second kappa shape index (κ2) is 8.97. The molecule has 0 bridgehead atoms. The smallest absolute Gasteiger partial charge is 0.335 e. The molecule has 3 N–H and O–H groups in total. The fraction of sp³-hybridized carbons (Fsp3) is 0.0800. The molecule has 1 aliphatic rings. The fourth-order valence-corrected chi connectivity index (χ4v) is 3.54. The molecule has 3 aromatic carbocycles. The summed E-state index contributed by atoms with van der Waals surface area (Å²) in [4.78, 5) is 41.5. The number of aromatic carboxylic acids is 1. The normalized spacial score (nSPS) is 13.7. The second-order valence-corrected chi connectivity index (χ2v) is 7.32. The molecule has 1 heterocycles. The summed E-state index contributed by atoms with van der Waals surface area (Å²) in [5.41, 5.74) is 3.97. The van der Waals surface area contributed by atoms with Crippen molar-refractivity contribution in [2.24, 2.45) is 0 Å². The van der Waals surface area contributed by atoms with Crippen molar-refractivity contribution in [3.05, 3.63) is 95.1 Å². The predicted octanol–water partition coefficient (Wildman–Crippen LogP) is 3.95. The van der Waals surface area contributed by atoms with E-state index >= 15 is 0 Å². The minimum Gasteiger partial charge on any atom is -0.478 e. The Labute approximate surface area is 190 Å². The van der Waals surface area contributed by atoms with Crippen LogP contribution in [0.15, 0.2) is 72.8 Å². The summed E-state index contributed by atoms with van der Waals surface area (Å²) >= 11 is 0. The molecule has 33 heavy (non-hydrogen) atoms. The van der Waals surface area contributed by atoms with Gasteiger partial charge in [-0.3, -0.25) is 14.4 Å². The molecule has 8 heteroatoms. The van der Waals surface area contributed by atoms with Gasteiger partial charge in [-0.25, -0.2) is 9.86 Å². The van der Waals surface area contributed by atoms with Gasteiger partial charge in [-0.05, 0) is 42.0 Å². The maximum Gasteiger partial charge on any atom is 0.335 e. The van der Waals surface area contributed by atoms with E-state index < -0.39 is 5.97 Å². The summed E-state index contributed by atoms with van der Waals surface area (Å²) < 4.78 is 0. The Morgan fingerprint density at radius 3 is 2.24 bits per heavy atom. The van der Waals surface area contributed by atoms with Crippen LogP contribution in [0.1, 0.15) is 31.8 Å². The first-order valence-corrected chi connectivity index (χ1v) is 10.1. The maximum atomic E-state index is 12.9. The van der Waals surface area contributed by atoms with Gasteiger partial charge in [0.25, 0.3) is 11.8 Å². The minimum absolute atomic E-state index is 0.0887. The zero-order chi connectivity index (χ0) is 23.5. The standard InChI is InChI=1S/C25H21N3O5/c1-28(33-2)24(30)16-8-11-18(12-9-16)26-22(15-6-4-3-5-7-15)21-19-13-10-17(25(31)32)14-20(19)27-23(21)29/h3-14,26H,1-2H3,(H,27,29)(H,31,32)/b22-21+. The average molecular weight is 443 g/mol. The van der Waals surface area contributed by atoms with Crippen LogP contribution in [-0.2, 0) is 9.63 Å². The van der Waals surface area contributed by atoms with E-state index in [-0.39, 0.29) is 17.4 Å². The van der Waals surface area contributed by atoms with Crippen molar-refractivity contribution >= 4 is 40.4 Å². The highest BCUT2D eigenvalue weighted by atomic mass is 16.7. The Kier molecular flexibility index (Phi) is 5.93. The lowest BCUT2D eigenvalue weighted by Gasteiger charge is -2.16. The number of amides is 2. The fourth-order valence-electron chi connectivity index (χ4n) is 3.54. The first-order valence-electron chi connectivity index (χ1n) is 10.1. The van der Waals surface area contributed by atoms with Gasteiger partial charge in [-0.2, -0.15) is 0 Å². The Bertz CT molecular complexity index is 1270. The van der Waals surface area contributed by atoms with Gasteiger partial charge >= 0.3 is 5.97 Å². The van der Waals surface area contributed by atoms with E-state index in [2.05, 4.69) is 10.6 Å². The van der Waals surface area contributed by atoms with Crippen molar-refractivity contribution in [1.29, 1.82) is 0 Å². The molecule has 0 aliphatic carbocycles. The number of benzene rings is 3. The Morgan fingerprint density at radius 2 is 1.61 bits per heavy atom. The third kappa shape index (κ3) is 4.32. The molecular weight excluding hydrogens is 422 g/mol. The molecule has 0 fully saturated rings. The summed E-state index contributed by atoms with van der Waals surface area (Å²) in [6, 6.07) is 20.7. The number of carbonyl (C=O) groups is 3. The quantitative estimate of drug-likeness (QED) is 0.393. The lowest BCUT2D eigenvalue weighted by molar-refractivity contribution is -0.110. The van der Waals surface area contributed by atoms with Gasteiger partial charge in [0, 0.05) is 23.9 Å². The molecule has 8 nitrogen and oxygen atoms in total. The van der Waals surface area contributed by atoms with Crippen molar-refractivity contribution in [3.8, 4) is 0 Å². The van der Waals surface area contributed by atoms with Crippen LogP contribution < -0.4 is 10.6 Å². The lowest BCUT2D eigenvalue weighted by Crippen LogP contribution is -2.25. The van der Waals surface area contributed by atoms with Gasteiger partial charge in [0.05, 0.1) is 29.6 Å². The number of nitrogens with one attached hydrogen (secondary N) is 2. The zero-order valence-electron chi connectivity index (χ0n) is 18.0. The highest BCUT2D eigenvalue weighted by Gasteiger charge is 2.29. The van der Waals surface area contributed by atoms with E-state index in [9.17, 15) is 19.5 Å². The Hall–Kier alpha value is -4.43. The van der Waals surface area contributed by atoms with E-state index in [4.69, 9.17) is 4.84 Å². The van der Waals surface area contributed by atoms with E-state index in [1.54, 1.807) is 30.3 Å². The number of anilines is 2. The van der Waals surface area contributed by atoms with Gasteiger partial charge in [0.2, 0.25) is 0 Å². The van der Waals surface area contributed by atoms with Gasteiger partial charge in [-0.15, -0.1) is 0 Å². The maximum absolute atomic E-state index is 12.9. The van der Waals surface area contributed by atoms with Crippen LogP contribution in [-0.4, -0.2) is 42.1 Å². The SMILES string of the molecule is CON(C)C(=O)c1ccc(N/C(=C2/C(=O)Nc3cc(C(=O)O)ccc32)c2ccccc2)cc1. The van der Waals surface area contributed by atoms with Crippen LogP contribution in [0, 0.1) is 0 Å². The van der Waals surface area contributed by atoms with Gasteiger partial charge in [-0.1, -0.05) is 36.4 Å². The third-order valence-electron chi connectivity index (χ3n) is 5.28. The van der Waals surface area contributed by atoms with E-state index in [1.807, 2.05) is 30.3 Å². The number of hydroxylamine groups is 2. The lowest BCUT2D eigenvalue weighted by atomic mass is 9.99. The topological polar surface area (TPSA) is 108 Å². The van der Waals surface area contributed by atoms with Gasteiger partial charge < -0.3 is 15.7 Å². The molecule has 2 amide bonds. The summed E-state index contributed by atoms with van der Waals surface area (Å²) in [7, 11) is 2.94. The molecule has 0 radical (unpaired) electrons. The van der Waals surface area contributed by atoms with E-state index in [0.717, 1.165) is 10.6 Å². The number of hydrogen-bond donors (Lipinski definition) is 3. The number of rotatable bonds is 6. The summed E-state index contributed by atoms with van der Waals surface area (Å²) in [6.07, 6.45) is 0. The molecule has 0 spiro atoms. The number of carbonyl (C=O) groups excluding carboxylic acids is 2. The molecule has 1 aliphatic heterocycles. The van der Waals surface area contributed by atoms with Crippen molar-refractivity contribution < 1.29 is 24.3 Å². The van der Waals surface area contributed by atoms with Gasteiger partial charge in [0.1, 0.15) is 0 Å². The minimum atomic E-state index is -1.07. The van der Waals surface area contributed by atoms with Crippen molar-refractivity contribution in [2.75, 3.05) is 24.8 Å². The third-order valence-corrected chi connectivity index (χ3v) is 5.28. The molecular formula is C25H21N3O5. The second-order valence-electron chi connectivity index (χ2n) is 7.32. The van der Waals surface area contributed by atoms with Crippen LogP contribution in [0.5, 0.6) is 0 Å². The number of fused-ring (bicyclic) bond motifs is 1. The number of carboxylic acid groups (broad SMARTS) is 1. The molecule has 3 aromatic rings. The molecule has 0 atom stereocenters. The Balaban J connectivity index is 1.77. The monoisotopic (exact) mass is 443 g/mol. The molecule has 166 valence electrons. The molecule has 0 saturated heterocycles. The van der Waals surface area contributed by atoms with Crippen molar-refractivity contribution in [2.45, 2.75) is 0 Å². The van der Waals surface area contributed by atoms with Gasteiger partial charge in [0.15, 0.2) is 0 Å². The van der Waals surface area contributed by atoms with Crippen LogP contribution >= 0.6 is 0 Å². The number of nitrogens with zero attached hydrogens (tertiary/aromatic N) is 1. The van der Waals surface area contributed by atoms with Crippen LogP contribution in [0.2, 0.25) is 0 Å². The van der Waals surface area contributed by atoms with E-state index in [0.29, 0.717) is 33.8 Å². The molecule has 0 aromatic heterocycles. The average Bonchev–Trinajstić information content (AvgIpc) is 3.17. The zero-order valence-corrected chi connectivity index (χ0v) is 18.0. The summed E-state index contributed by atoms with van der Waals surface area (Å²) in [5.74, 6) is -1.70. The predicted molar refractivity (Wildman–Crippen MR) is 124 cm³/mol. The number of hydrogen-bond acceptors (Lipinski definition) is 5. The molecule has 0 unspecified atom stereocenters. The Morgan fingerprint density at radius 1 is 0.939 bits per heavy atom. The van der Waals surface area contributed by atoms with Crippen LogP contribution in [0.4, 0.5) is 11.4 Å². The van der Waals surface area contributed by atoms with Crippen molar-refractivity contribution in [3.63, 3.8) is 0 Å². The highest BCUT2D eigenvalue weighted by molar-refractivity contribution is 6.37. The molecule has 4 rings (SSSR count). The van der Waals surface area contributed by atoms with Crippen molar-refractivity contribution in [1.82, 2.24) is 5.06 Å². The first-order chi connectivity index (χ1) is 15.9. The van der Waals surface area contributed by atoms with Crippen LogP contribution in [0.25, 0.3) is 11.3 Å². The first kappa shape index (κ1) is 21.8. The van der Waals surface area contributed by atoms with E-state index in [1.165, 1.54) is 26.3 Å². The van der Waals surface area contributed by atoms with Crippen LogP contribution in [0.3, 0.4) is 0 Å². The largest absolute Gasteiger partial charge is 0.478 e. The summed E-state index contributed by atoms with van der Waals surface area (Å²) in [6.45, 7) is 0. The number of carboxylic acids is 1. The molecule has 0 saturated carbocycles. The summed E-state index contributed by atoms with van der Waals surface area (Å²) in [5, 5.41) is 16.5. The highest BCUT2D eigenvalue weighted by Crippen LogP contribution is 2.38.